The molecule has 37 heavy (non-hydrogen) atoms. The molecule has 0 aliphatic rings. The number of tetrazole rings is 1. The van der Waals surface area contributed by atoms with E-state index in [2.05, 4.69) is 45.0 Å². The topological polar surface area (TPSA) is 116 Å². The van der Waals surface area contributed by atoms with E-state index in [4.69, 9.17) is 9.84 Å². The molecular weight excluding hydrogens is 473 g/mol. The van der Waals surface area contributed by atoms with E-state index in [1.165, 1.54) is 6.07 Å². The number of anilines is 1. The van der Waals surface area contributed by atoms with Crippen LogP contribution in [-0.2, 0) is 19.4 Å². The maximum absolute atomic E-state index is 14.7. The monoisotopic (exact) mass is 505 g/mol. The predicted molar refractivity (Wildman–Crippen MR) is 140 cm³/mol. The van der Waals surface area contributed by atoms with E-state index in [0.717, 1.165) is 33.4 Å². The smallest absolute Gasteiger partial charge is 0.148 e. The lowest BCUT2D eigenvalue weighted by molar-refractivity contribution is 0.0536. The minimum atomic E-state index is -0.909. The van der Waals surface area contributed by atoms with E-state index >= 15 is 0 Å². The summed E-state index contributed by atoms with van der Waals surface area (Å²) >= 11 is 0. The molecule has 0 aliphatic heterocycles. The maximum Gasteiger partial charge on any atom is 0.148 e. The number of rotatable bonds is 11. The van der Waals surface area contributed by atoms with Gasteiger partial charge in [-0.25, -0.2) is 9.49 Å². The van der Waals surface area contributed by atoms with Crippen molar-refractivity contribution in [3.63, 3.8) is 0 Å². The Hall–Kier alpha value is -3.82. The first-order chi connectivity index (χ1) is 17.9. The molecule has 4 N–H and O–H groups in total. The highest BCUT2D eigenvalue weighted by Crippen LogP contribution is 2.34. The summed E-state index contributed by atoms with van der Waals surface area (Å²) in [6.45, 7) is 6.41. The largest absolute Gasteiger partial charge is 0.491 e. The standard InChI is InChI=1S/C28H32FN5O3/c1-17-11-24(37-16-23(36)15-35)12-18(2)28(17)25-6-4-5-21(19(25)3)14-30-22-9-7-20(26(29)13-22)8-10-27-31-33-34-32-27/h4-7,9,11-13,23,30,35-36H,8,10,14-16H2,1-3H3,(H,31,32,33,34)/t23-/m0/s1. The number of aryl methyl sites for hydroxylation is 4. The highest BCUT2D eigenvalue weighted by Gasteiger charge is 2.14. The third kappa shape index (κ3) is 6.49. The number of hydrogen-bond acceptors (Lipinski definition) is 7. The lowest BCUT2D eigenvalue weighted by atomic mass is 9.90. The summed E-state index contributed by atoms with van der Waals surface area (Å²) in [6.07, 6.45) is 0.140. The van der Waals surface area contributed by atoms with Gasteiger partial charge in [-0.15, -0.1) is 5.10 Å². The second-order valence-corrected chi connectivity index (χ2v) is 9.18. The van der Waals surface area contributed by atoms with E-state index in [1.807, 2.05) is 38.1 Å². The zero-order chi connectivity index (χ0) is 26.4. The molecule has 1 heterocycles. The number of aliphatic hydroxyl groups is 2. The first kappa shape index (κ1) is 26.2. The summed E-state index contributed by atoms with van der Waals surface area (Å²) in [6, 6.07) is 15.3. The molecular formula is C28H32FN5O3. The zero-order valence-corrected chi connectivity index (χ0v) is 21.3. The molecule has 0 spiro atoms. The van der Waals surface area contributed by atoms with Crippen LogP contribution in [0.4, 0.5) is 10.1 Å². The number of benzene rings is 3. The molecule has 4 rings (SSSR count). The van der Waals surface area contributed by atoms with Crippen LogP contribution in [0.3, 0.4) is 0 Å². The van der Waals surface area contributed by atoms with Gasteiger partial charge in [0.15, 0.2) is 0 Å². The molecule has 0 amide bonds. The Bertz CT molecular complexity index is 1320. The van der Waals surface area contributed by atoms with Gasteiger partial charge >= 0.3 is 0 Å². The third-order valence-corrected chi connectivity index (χ3v) is 6.43. The van der Waals surface area contributed by atoms with Gasteiger partial charge in [0, 0.05) is 18.7 Å². The van der Waals surface area contributed by atoms with Gasteiger partial charge in [-0.3, -0.25) is 0 Å². The molecule has 0 aliphatic carbocycles. The SMILES string of the molecule is Cc1cc(OC[C@@H](O)CO)cc(C)c1-c1cccc(CNc2ccc(CCc3nnn[nH]3)c(F)c2)c1C. The molecule has 0 bridgehead atoms. The molecule has 0 saturated carbocycles. The van der Waals surface area contributed by atoms with E-state index in [9.17, 15) is 9.50 Å². The van der Waals surface area contributed by atoms with Crippen molar-refractivity contribution in [3.05, 3.63) is 88.0 Å². The Morgan fingerprint density at radius 2 is 1.81 bits per heavy atom. The number of ether oxygens (including phenoxy) is 1. The van der Waals surface area contributed by atoms with E-state index in [0.29, 0.717) is 42.2 Å². The Morgan fingerprint density at radius 1 is 1.03 bits per heavy atom. The van der Waals surface area contributed by atoms with Crippen molar-refractivity contribution in [2.75, 3.05) is 18.5 Å². The molecule has 0 unspecified atom stereocenters. The van der Waals surface area contributed by atoms with Gasteiger partial charge < -0.3 is 20.3 Å². The van der Waals surface area contributed by atoms with Crippen LogP contribution >= 0.6 is 0 Å². The highest BCUT2D eigenvalue weighted by molar-refractivity contribution is 5.75. The van der Waals surface area contributed by atoms with Gasteiger partial charge in [0.05, 0.1) is 6.61 Å². The molecule has 4 aromatic rings. The molecule has 1 aromatic heterocycles. The minimum Gasteiger partial charge on any atom is -0.491 e. The fourth-order valence-corrected chi connectivity index (χ4v) is 4.42. The van der Waals surface area contributed by atoms with Crippen LogP contribution in [0, 0.1) is 26.6 Å². The summed E-state index contributed by atoms with van der Waals surface area (Å²) in [5, 5.41) is 35.5. The van der Waals surface area contributed by atoms with Crippen LogP contribution in [-0.4, -0.2) is 50.2 Å². The van der Waals surface area contributed by atoms with Gasteiger partial charge in [0.1, 0.15) is 30.1 Å². The fourth-order valence-electron chi connectivity index (χ4n) is 4.42. The molecule has 194 valence electrons. The van der Waals surface area contributed by atoms with Crippen LogP contribution in [0.2, 0.25) is 0 Å². The van der Waals surface area contributed by atoms with Crippen LogP contribution in [0.15, 0.2) is 48.5 Å². The number of nitrogens with zero attached hydrogens (tertiary/aromatic N) is 3. The number of halogens is 1. The average molecular weight is 506 g/mol. The van der Waals surface area contributed by atoms with E-state index < -0.39 is 6.10 Å². The van der Waals surface area contributed by atoms with E-state index in [-0.39, 0.29) is 19.0 Å². The molecule has 0 saturated heterocycles. The summed E-state index contributed by atoms with van der Waals surface area (Å²) in [4.78, 5) is 0. The lowest BCUT2D eigenvalue weighted by Crippen LogP contribution is -2.21. The number of nitrogens with one attached hydrogen (secondary N) is 2. The van der Waals surface area contributed by atoms with Gasteiger partial charge in [-0.1, -0.05) is 24.3 Å². The van der Waals surface area contributed by atoms with Crippen molar-refractivity contribution in [1.82, 2.24) is 20.6 Å². The molecule has 1 atom stereocenters. The number of aromatic nitrogens is 4. The Kier molecular flexibility index (Phi) is 8.47. The number of aliphatic hydroxyl groups excluding tert-OH is 2. The quantitative estimate of drug-likeness (QED) is 0.243. The maximum atomic E-state index is 14.7. The van der Waals surface area contributed by atoms with Crippen molar-refractivity contribution in [1.29, 1.82) is 0 Å². The summed E-state index contributed by atoms with van der Waals surface area (Å²) < 4.78 is 20.3. The highest BCUT2D eigenvalue weighted by atomic mass is 19.1. The molecule has 3 aromatic carbocycles. The Labute approximate surface area is 215 Å². The van der Waals surface area contributed by atoms with Crippen LogP contribution in [0.25, 0.3) is 11.1 Å². The Balaban J connectivity index is 1.46. The number of hydrogen-bond donors (Lipinski definition) is 4. The summed E-state index contributed by atoms with van der Waals surface area (Å²) in [7, 11) is 0. The van der Waals surface area contributed by atoms with Crippen molar-refractivity contribution in [2.45, 2.75) is 46.3 Å². The summed E-state index contributed by atoms with van der Waals surface area (Å²) in [5.41, 5.74) is 7.95. The van der Waals surface area contributed by atoms with Crippen LogP contribution in [0.1, 0.15) is 33.6 Å². The molecule has 8 nitrogen and oxygen atoms in total. The van der Waals surface area contributed by atoms with Crippen molar-refractivity contribution in [3.8, 4) is 16.9 Å². The molecule has 0 fully saturated rings. The van der Waals surface area contributed by atoms with Crippen molar-refractivity contribution in [2.24, 2.45) is 0 Å². The average Bonchev–Trinajstić information content (AvgIpc) is 3.40. The number of aromatic amines is 1. The summed E-state index contributed by atoms with van der Waals surface area (Å²) in [5.74, 6) is 1.03. The van der Waals surface area contributed by atoms with Crippen molar-refractivity contribution >= 4 is 5.69 Å². The van der Waals surface area contributed by atoms with Gasteiger partial charge in [0.2, 0.25) is 0 Å². The van der Waals surface area contributed by atoms with Gasteiger partial charge in [-0.2, -0.15) is 0 Å². The normalized spacial score (nSPS) is 11.9. The second-order valence-electron chi connectivity index (χ2n) is 9.18. The second kappa shape index (κ2) is 11.9. The van der Waals surface area contributed by atoms with Gasteiger partial charge in [-0.05, 0) is 101 Å². The van der Waals surface area contributed by atoms with E-state index in [1.54, 1.807) is 6.07 Å². The zero-order valence-electron chi connectivity index (χ0n) is 21.3. The van der Waals surface area contributed by atoms with Crippen LogP contribution in [0.5, 0.6) is 5.75 Å². The lowest BCUT2D eigenvalue weighted by Gasteiger charge is -2.18. The molecule has 9 heteroatoms. The third-order valence-electron chi connectivity index (χ3n) is 6.43. The first-order valence-electron chi connectivity index (χ1n) is 12.2. The Morgan fingerprint density at radius 3 is 2.49 bits per heavy atom. The first-order valence-corrected chi connectivity index (χ1v) is 12.2. The number of H-pyrrole nitrogens is 1. The fraction of sp³-hybridized carbons (Fsp3) is 0.321. The minimum absolute atomic E-state index is 0.0371. The predicted octanol–water partition coefficient (Wildman–Crippen LogP) is 4.06. The van der Waals surface area contributed by atoms with Gasteiger partial charge in [0.25, 0.3) is 0 Å². The molecule has 0 radical (unpaired) electrons. The van der Waals surface area contributed by atoms with Crippen molar-refractivity contribution < 1.29 is 19.3 Å². The van der Waals surface area contributed by atoms with Crippen LogP contribution < -0.4 is 10.1 Å².